The number of nitro benzene ring substituents is 2. The molecule has 1 N–H and O–H groups in total. The van der Waals surface area contributed by atoms with E-state index in [2.05, 4.69) is 0 Å². The van der Waals surface area contributed by atoms with E-state index in [-0.39, 0.29) is 0 Å². The molecule has 1 aliphatic carbocycles. The van der Waals surface area contributed by atoms with Crippen LogP contribution in [-0.4, -0.2) is 15.0 Å². The van der Waals surface area contributed by atoms with Gasteiger partial charge in [0.1, 0.15) is 0 Å². The minimum atomic E-state index is -0.902. The third kappa shape index (κ3) is 2.69. The summed E-state index contributed by atoms with van der Waals surface area (Å²) in [7, 11) is 0. The fraction of sp³-hybridized carbons (Fsp3) is 0.333. The molecule has 1 unspecified atom stereocenters. The Morgan fingerprint density at radius 1 is 1.18 bits per heavy atom. The molecule has 1 aromatic rings. The van der Waals surface area contributed by atoms with Crippen LogP contribution in [0.25, 0.3) is 0 Å². The Labute approximate surface area is 126 Å². The quantitative estimate of drug-likeness (QED) is 0.658. The molecule has 0 saturated carbocycles. The number of benzene rings is 1. The van der Waals surface area contributed by atoms with Crippen LogP contribution in [-0.2, 0) is 5.41 Å². The van der Waals surface area contributed by atoms with Crippen LogP contribution in [0.4, 0.5) is 11.4 Å². The number of nitro groups is 2. The molecule has 0 heterocycles. The number of aromatic hydroxyl groups is 1. The maximum Gasteiger partial charge on any atom is 0.318 e. The largest absolute Gasteiger partial charge is 0.497 e. The third-order valence-corrected chi connectivity index (χ3v) is 3.88. The minimum Gasteiger partial charge on any atom is -0.497 e. The first-order valence-electron chi connectivity index (χ1n) is 6.92. The minimum absolute atomic E-state index is 0.478. The Hall–Kier alpha value is -2.70. The van der Waals surface area contributed by atoms with E-state index in [1.54, 1.807) is 0 Å². The number of phenolic OH excluding ortho intramolecular Hbond substituents is 1. The SMILES string of the molecule is CCCC1(c2cc([N+](=O)[O-])c(O)c([N+](=O)[O-])c2)C=CC=CC1. The van der Waals surface area contributed by atoms with E-state index in [1.165, 1.54) is 12.1 Å². The Bertz CT molecular complexity index is 646. The number of phenols is 1. The highest BCUT2D eigenvalue weighted by Crippen LogP contribution is 2.44. The van der Waals surface area contributed by atoms with Gasteiger partial charge in [0.05, 0.1) is 9.85 Å². The standard InChI is InChI=1S/C15H16N2O5/c1-2-6-15(7-4-3-5-8-15)11-9-12(16(19)20)14(18)13(10-11)17(21)22/h3-5,7,9-10,18H,2,6,8H2,1H3. The normalized spacial score (nSPS) is 20.0. The molecule has 0 radical (unpaired) electrons. The average Bonchev–Trinajstić information content (AvgIpc) is 2.48. The van der Waals surface area contributed by atoms with Gasteiger partial charge in [-0.3, -0.25) is 20.2 Å². The van der Waals surface area contributed by atoms with E-state index in [4.69, 9.17) is 0 Å². The molecule has 0 amide bonds. The predicted octanol–water partition coefficient (Wildman–Crippen LogP) is 3.76. The van der Waals surface area contributed by atoms with E-state index in [0.29, 0.717) is 18.4 Å². The molecule has 0 spiro atoms. The summed E-state index contributed by atoms with van der Waals surface area (Å²) in [6.07, 6.45) is 9.68. The zero-order valence-corrected chi connectivity index (χ0v) is 12.1. The molecule has 0 bridgehead atoms. The maximum absolute atomic E-state index is 11.1. The summed E-state index contributed by atoms with van der Waals surface area (Å²) in [5.74, 6) is -0.902. The summed E-state index contributed by atoms with van der Waals surface area (Å²) < 4.78 is 0. The summed E-state index contributed by atoms with van der Waals surface area (Å²) >= 11 is 0. The average molecular weight is 304 g/mol. The molecule has 0 aliphatic heterocycles. The van der Waals surface area contributed by atoms with Gasteiger partial charge in [-0.15, -0.1) is 0 Å². The molecule has 1 aromatic carbocycles. The van der Waals surface area contributed by atoms with Crippen molar-refractivity contribution in [1.82, 2.24) is 0 Å². The second kappa shape index (κ2) is 5.97. The van der Waals surface area contributed by atoms with Gasteiger partial charge < -0.3 is 5.11 Å². The van der Waals surface area contributed by atoms with Crippen molar-refractivity contribution in [2.75, 3.05) is 0 Å². The third-order valence-electron chi connectivity index (χ3n) is 3.88. The van der Waals surface area contributed by atoms with E-state index in [1.807, 2.05) is 31.2 Å². The molecule has 7 nitrogen and oxygen atoms in total. The molecule has 7 heteroatoms. The summed E-state index contributed by atoms with van der Waals surface area (Å²) in [4.78, 5) is 20.6. The van der Waals surface area contributed by atoms with Crippen LogP contribution >= 0.6 is 0 Å². The smallest absolute Gasteiger partial charge is 0.318 e. The van der Waals surface area contributed by atoms with Gasteiger partial charge in [0.2, 0.25) is 0 Å². The van der Waals surface area contributed by atoms with Crippen LogP contribution in [0.5, 0.6) is 5.75 Å². The Balaban J connectivity index is 2.68. The summed E-state index contributed by atoms with van der Waals surface area (Å²) in [6.45, 7) is 1.98. The van der Waals surface area contributed by atoms with E-state index >= 15 is 0 Å². The van der Waals surface area contributed by atoms with Gasteiger partial charge in [-0.2, -0.15) is 0 Å². The molecule has 0 fully saturated rings. The second-order valence-electron chi connectivity index (χ2n) is 5.27. The molecule has 2 rings (SSSR count). The van der Waals surface area contributed by atoms with Gasteiger partial charge in [0.15, 0.2) is 0 Å². The van der Waals surface area contributed by atoms with Crippen LogP contribution in [0.2, 0.25) is 0 Å². The monoisotopic (exact) mass is 304 g/mol. The second-order valence-corrected chi connectivity index (χ2v) is 5.27. The van der Waals surface area contributed by atoms with Crippen molar-refractivity contribution < 1.29 is 15.0 Å². The molecule has 116 valence electrons. The fourth-order valence-electron chi connectivity index (χ4n) is 2.82. The van der Waals surface area contributed by atoms with Crippen molar-refractivity contribution in [2.45, 2.75) is 31.6 Å². The molecule has 0 aromatic heterocycles. The molecular weight excluding hydrogens is 288 g/mol. The summed E-state index contributed by atoms with van der Waals surface area (Å²) in [5, 5.41) is 31.9. The van der Waals surface area contributed by atoms with E-state index < -0.39 is 32.4 Å². The van der Waals surface area contributed by atoms with Crippen molar-refractivity contribution in [2.24, 2.45) is 0 Å². The number of hydrogen-bond donors (Lipinski definition) is 1. The first-order valence-corrected chi connectivity index (χ1v) is 6.92. The lowest BCUT2D eigenvalue weighted by Crippen LogP contribution is -2.24. The highest BCUT2D eigenvalue weighted by Gasteiger charge is 2.35. The van der Waals surface area contributed by atoms with Crippen LogP contribution in [0.15, 0.2) is 36.4 Å². The number of nitrogens with zero attached hydrogens (tertiary/aromatic N) is 2. The molecule has 22 heavy (non-hydrogen) atoms. The topological polar surface area (TPSA) is 107 Å². The number of hydrogen-bond acceptors (Lipinski definition) is 5. The Morgan fingerprint density at radius 2 is 1.77 bits per heavy atom. The highest BCUT2D eigenvalue weighted by molar-refractivity contribution is 5.63. The van der Waals surface area contributed by atoms with E-state index in [9.17, 15) is 25.3 Å². The lowest BCUT2D eigenvalue weighted by Gasteiger charge is -2.31. The summed E-state index contributed by atoms with van der Waals surface area (Å²) in [6, 6.07) is 2.48. The van der Waals surface area contributed by atoms with Gasteiger partial charge in [-0.25, -0.2) is 0 Å². The predicted molar refractivity (Wildman–Crippen MR) is 80.9 cm³/mol. The van der Waals surface area contributed by atoms with Crippen molar-refractivity contribution >= 4 is 11.4 Å². The Kier molecular flexibility index (Phi) is 4.25. The zero-order chi connectivity index (χ0) is 16.3. The number of rotatable bonds is 5. The zero-order valence-electron chi connectivity index (χ0n) is 12.1. The first-order chi connectivity index (χ1) is 10.4. The number of allylic oxidation sites excluding steroid dienone is 4. The van der Waals surface area contributed by atoms with Crippen LogP contribution in [0.1, 0.15) is 31.7 Å². The lowest BCUT2D eigenvalue weighted by molar-refractivity contribution is -0.396. The van der Waals surface area contributed by atoms with Gasteiger partial charge >= 0.3 is 11.4 Å². The van der Waals surface area contributed by atoms with Crippen LogP contribution in [0, 0.1) is 20.2 Å². The van der Waals surface area contributed by atoms with Gasteiger partial charge in [-0.05, 0) is 18.4 Å². The molecule has 0 saturated heterocycles. The first kappa shape index (κ1) is 15.7. The van der Waals surface area contributed by atoms with Crippen molar-refractivity contribution in [3.05, 3.63) is 62.2 Å². The maximum atomic E-state index is 11.1. The van der Waals surface area contributed by atoms with E-state index in [0.717, 1.165) is 6.42 Å². The fourth-order valence-corrected chi connectivity index (χ4v) is 2.82. The van der Waals surface area contributed by atoms with Gasteiger partial charge in [0, 0.05) is 17.5 Å². The lowest BCUT2D eigenvalue weighted by atomic mass is 9.72. The van der Waals surface area contributed by atoms with Crippen LogP contribution in [0.3, 0.4) is 0 Å². The van der Waals surface area contributed by atoms with Crippen LogP contribution < -0.4 is 0 Å². The molecule has 1 atom stereocenters. The van der Waals surface area contributed by atoms with Crippen molar-refractivity contribution in [3.63, 3.8) is 0 Å². The molecule has 1 aliphatic rings. The van der Waals surface area contributed by atoms with Crippen molar-refractivity contribution in [3.8, 4) is 5.75 Å². The highest BCUT2D eigenvalue weighted by atomic mass is 16.6. The Morgan fingerprint density at radius 3 is 2.18 bits per heavy atom. The van der Waals surface area contributed by atoms with Crippen molar-refractivity contribution in [1.29, 1.82) is 0 Å². The molecular formula is C15H16N2O5. The van der Waals surface area contributed by atoms with Gasteiger partial charge in [0.25, 0.3) is 5.75 Å². The summed E-state index contributed by atoms with van der Waals surface area (Å²) in [5.41, 5.74) is -1.32. The van der Waals surface area contributed by atoms with Gasteiger partial charge in [-0.1, -0.05) is 37.6 Å².